The Labute approximate surface area is 154 Å². The molecule has 8 heteroatoms. The monoisotopic (exact) mass is 376 g/mol. The lowest BCUT2D eigenvalue weighted by Gasteiger charge is -2.22. The van der Waals surface area contributed by atoms with E-state index in [1.807, 2.05) is 0 Å². The number of carbonyl (C=O) groups excluding carboxylic acids is 1. The highest BCUT2D eigenvalue weighted by atomic mass is 16.6. The highest BCUT2D eigenvalue weighted by molar-refractivity contribution is 5.71. The Morgan fingerprint density at radius 3 is 2.67 bits per heavy atom. The summed E-state index contributed by atoms with van der Waals surface area (Å²) >= 11 is 0. The predicted molar refractivity (Wildman–Crippen MR) is 93.1 cm³/mol. The van der Waals surface area contributed by atoms with Crippen LogP contribution in [-0.2, 0) is 16.1 Å². The van der Waals surface area contributed by atoms with Crippen LogP contribution in [-0.4, -0.2) is 36.0 Å². The van der Waals surface area contributed by atoms with Gasteiger partial charge in [-0.2, -0.15) is 0 Å². The average Bonchev–Trinajstić information content (AvgIpc) is 2.68. The summed E-state index contributed by atoms with van der Waals surface area (Å²) in [6, 6.07) is 6.06. The van der Waals surface area contributed by atoms with E-state index >= 15 is 0 Å². The topological polar surface area (TPSA) is 115 Å². The number of hydrogen-bond acceptors (Lipinski definition) is 8. The summed E-state index contributed by atoms with van der Waals surface area (Å²) in [6.45, 7) is 2.18. The number of ether oxygens (including phenoxy) is 3. The summed E-state index contributed by atoms with van der Waals surface area (Å²) in [5.41, 5.74) is -0.132. The normalized spacial score (nSPS) is 13.9. The van der Waals surface area contributed by atoms with E-state index in [4.69, 9.17) is 18.6 Å². The number of fused-ring (bicyclic) bond motifs is 1. The molecule has 144 valence electrons. The van der Waals surface area contributed by atoms with Gasteiger partial charge in [0.15, 0.2) is 17.3 Å². The van der Waals surface area contributed by atoms with Crippen molar-refractivity contribution in [2.45, 2.75) is 25.9 Å². The van der Waals surface area contributed by atoms with Crippen molar-refractivity contribution in [2.75, 3.05) is 19.8 Å². The summed E-state index contributed by atoms with van der Waals surface area (Å²) in [5.74, 6) is -1.01. The highest BCUT2D eigenvalue weighted by Crippen LogP contribution is 2.38. The van der Waals surface area contributed by atoms with Gasteiger partial charge in [-0.1, -0.05) is 6.07 Å². The number of aliphatic hydroxyl groups is 1. The second kappa shape index (κ2) is 8.13. The molecule has 1 aromatic heterocycles. The summed E-state index contributed by atoms with van der Waals surface area (Å²) in [6.07, 6.45) is -0.168. The van der Waals surface area contributed by atoms with Crippen molar-refractivity contribution in [3.05, 3.63) is 51.6 Å². The first-order chi connectivity index (χ1) is 13.0. The molecule has 0 saturated heterocycles. The van der Waals surface area contributed by atoms with Crippen molar-refractivity contribution in [3.63, 3.8) is 0 Å². The maximum Gasteiger partial charge on any atom is 0.306 e. The van der Waals surface area contributed by atoms with E-state index in [1.165, 1.54) is 0 Å². The molecule has 0 unspecified atom stereocenters. The van der Waals surface area contributed by atoms with Crippen molar-refractivity contribution < 1.29 is 33.6 Å². The van der Waals surface area contributed by atoms with E-state index in [1.54, 1.807) is 25.1 Å². The summed E-state index contributed by atoms with van der Waals surface area (Å²) in [4.78, 5) is 24.1. The lowest BCUT2D eigenvalue weighted by molar-refractivity contribution is -0.143. The number of aliphatic hydroxyl groups excluding tert-OH is 1. The predicted octanol–water partition coefficient (Wildman–Crippen LogP) is 1.69. The van der Waals surface area contributed by atoms with Gasteiger partial charge < -0.3 is 28.8 Å². The van der Waals surface area contributed by atoms with Crippen LogP contribution >= 0.6 is 0 Å². The molecular weight excluding hydrogens is 356 g/mol. The molecule has 0 spiro atoms. The molecule has 0 radical (unpaired) electrons. The van der Waals surface area contributed by atoms with Gasteiger partial charge in [0.25, 0.3) is 0 Å². The summed E-state index contributed by atoms with van der Waals surface area (Å²) in [5, 5.41) is 19.5. The van der Waals surface area contributed by atoms with Gasteiger partial charge in [-0.3, -0.25) is 9.59 Å². The maximum atomic E-state index is 12.1. The number of carbonyl (C=O) groups is 1. The second-order valence-electron chi connectivity index (χ2n) is 5.91. The Kier molecular flexibility index (Phi) is 5.66. The van der Waals surface area contributed by atoms with E-state index in [0.29, 0.717) is 30.3 Å². The molecule has 0 aliphatic carbocycles. The molecule has 1 aromatic carbocycles. The number of aromatic hydroxyl groups is 1. The van der Waals surface area contributed by atoms with Crippen LogP contribution in [0.4, 0.5) is 0 Å². The lowest BCUT2D eigenvalue weighted by Crippen LogP contribution is -2.17. The van der Waals surface area contributed by atoms with E-state index < -0.39 is 29.7 Å². The van der Waals surface area contributed by atoms with Crippen LogP contribution in [0, 0.1) is 0 Å². The molecule has 27 heavy (non-hydrogen) atoms. The van der Waals surface area contributed by atoms with Crippen LogP contribution in [0.5, 0.6) is 17.2 Å². The van der Waals surface area contributed by atoms with Gasteiger partial charge >= 0.3 is 5.97 Å². The molecule has 8 nitrogen and oxygen atoms in total. The summed E-state index contributed by atoms with van der Waals surface area (Å²) in [7, 11) is 0. The number of esters is 1. The largest absolute Gasteiger partial charge is 0.502 e. The molecular formula is C19H20O8. The minimum absolute atomic E-state index is 0.0146. The molecule has 0 bridgehead atoms. The van der Waals surface area contributed by atoms with Crippen LogP contribution in [0.2, 0.25) is 0 Å². The minimum atomic E-state index is -0.806. The number of hydrogen-bond donors (Lipinski definition) is 2. The quantitative estimate of drug-likeness (QED) is 0.732. The lowest BCUT2D eigenvalue weighted by atomic mass is 9.91. The van der Waals surface area contributed by atoms with E-state index in [0.717, 1.165) is 6.07 Å². The van der Waals surface area contributed by atoms with Gasteiger partial charge in [0.05, 0.1) is 18.9 Å². The fourth-order valence-corrected chi connectivity index (χ4v) is 2.89. The van der Waals surface area contributed by atoms with Crippen LogP contribution in [0.15, 0.2) is 33.5 Å². The van der Waals surface area contributed by atoms with E-state index in [2.05, 4.69) is 0 Å². The van der Waals surface area contributed by atoms with Gasteiger partial charge in [0.1, 0.15) is 25.6 Å². The van der Waals surface area contributed by atoms with Gasteiger partial charge in [-0.25, -0.2) is 0 Å². The Hall–Kier alpha value is -3.00. The minimum Gasteiger partial charge on any atom is -0.502 e. The van der Waals surface area contributed by atoms with E-state index in [9.17, 15) is 19.8 Å². The molecule has 1 atom stereocenters. The Balaban J connectivity index is 2.08. The van der Waals surface area contributed by atoms with Crippen LogP contribution in [0.25, 0.3) is 0 Å². The van der Waals surface area contributed by atoms with E-state index in [-0.39, 0.29) is 24.5 Å². The van der Waals surface area contributed by atoms with Gasteiger partial charge in [-0.15, -0.1) is 0 Å². The molecule has 2 N–H and O–H groups in total. The molecule has 1 aliphatic rings. The molecule has 2 aromatic rings. The fraction of sp³-hybridized carbons (Fsp3) is 0.368. The molecule has 3 rings (SSSR count). The maximum absolute atomic E-state index is 12.1. The standard InChI is InChI=1S/C19H20O8/c1-2-24-17(22)9-13(19-18(23)14(21)8-12(10-20)27-19)11-3-4-15-16(7-11)26-6-5-25-15/h3-4,7-8,13,20,23H,2,5-6,9-10H2,1H3/t13-/m0/s1. The SMILES string of the molecule is CCOC(=O)C[C@@H](c1ccc2c(c1)OCCO2)c1oc(CO)cc(=O)c1O. The first-order valence-corrected chi connectivity index (χ1v) is 8.55. The van der Waals surface area contributed by atoms with Crippen LogP contribution in [0.1, 0.15) is 36.3 Å². The second-order valence-corrected chi connectivity index (χ2v) is 5.91. The van der Waals surface area contributed by atoms with Crippen molar-refractivity contribution in [3.8, 4) is 17.2 Å². The zero-order valence-electron chi connectivity index (χ0n) is 14.8. The Bertz CT molecular complexity index is 886. The van der Waals surface area contributed by atoms with Crippen molar-refractivity contribution in [1.82, 2.24) is 0 Å². The third-order valence-corrected chi connectivity index (χ3v) is 4.12. The fourth-order valence-electron chi connectivity index (χ4n) is 2.89. The van der Waals surface area contributed by atoms with Gasteiger partial charge in [0, 0.05) is 6.07 Å². The smallest absolute Gasteiger partial charge is 0.306 e. The van der Waals surface area contributed by atoms with Crippen LogP contribution < -0.4 is 14.9 Å². The Morgan fingerprint density at radius 1 is 1.22 bits per heavy atom. The third-order valence-electron chi connectivity index (χ3n) is 4.12. The van der Waals surface area contributed by atoms with Crippen molar-refractivity contribution >= 4 is 5.97 Å². The molecule has 0 saturated carbocycles. The zero-order valence-corrected chi connectivity index (χ0v) is 14.8. The van der Waals surface area contributed by atoms with Gasteiger partial charge in [0.2, 0.25) is 11.2 Å². The molecule has 1 aliphatic heterocycles. The first kappa shape index (κ1) is 18.8. The zero-order chi connectivity index (χ0) is 19.4. The summed E-state index contributed by atoms with van der Waals surface area (Å²) < 4.78 is 21.6. The number of benzene rings is 1. The Morgan fingerprint density at radius 2 is 1.96 bits per heavy atom. The van der Waals surface area contributed by atoms with Crippen molar-refractivity contribution in [2.24, 2.45) is 0 Å². The molecule has 2 heterocycles. The number of rotatable bonds is 6. The van der Waals surface area contributed by atoms with Crippen molar-refractivity contribution in [1.29, 1.82) is 0 Å². The molecule has 0 amide bonds. The average molecular weight is 376 g/mol. The first-order valence-electron chi connectivity index (χ1n) is 8.55. The molecule has 0 fully saturated rings. The third kappa shape index (κ3) is 4.06. The van der Waals surface area contributed by atoms with Crippen LogP contribution in [0.3, 0.4) is 0 Å². The van der Waals surface area contributed by atoms with Gasteiger partial charge in [-0.05, 0) is 24.6 Å². The highest BCUT2D eigenvalue weighted by Gasteiger charge is 2.28.